The molecule has 0 bridgehead atoms. The topological polar surface area (TPSA) is 128 Å². The maximum absolute atomic E-state index is 13.9. The highest BCUT2D eigenvalue weighted by Gasteiger charge is 2.35. The molecule has 39 heavy (non-hydrogen) atoms. The first kappa shape index (κ1) is 29.0. The molecule has 3 amide bonds. The fraction of sp³-hybridized carbons (Fsp3) is 0.300. The first-order valence-corrected chi connectivity index (χ1v) is 12.6. The summed E-state index contributed by atoms with van der Waals surface area (Å²) in [6, 6.07) is 19.6. The van der Waals surface area contributed by atoms with Gasteiger partial charge in [0.2, 0.25) is 11.8 Å². The van der Waals surface area contributed by atoms with Gasteiger partial charge in [0.15, 0.2) is 0 Å². The van der Waals surface area contributed by atoms with Crippen molar-refractivity contribution in [2.45, 2.75) is 51.4 Å². The Balaban J connectivity index is 1.91. The Morgan fingerprint density at radius 3 is 2.10 bits per heavy atom. The van der Waals surface area contributed by atoms with Crippen LogP contribution in [0.3, 0.4) is 0 Å². The number of nitrogens with zero attached hydrogens (tertiary/aromatic N) is 1. The molecule has 0 heterocycles. The average molecular weight is 534 g/mol. The Kier molecular flexibility index (Phi) is 9.54. The molecule has 2 unspecified atom stereocenters. The lowest BCUT2D eigenvalue weighted by Crippen LogP contribution is -2.52. The minimum atomic E-state index is -1.19. The highest BCUT2D eigenvalue weighted by atomic mass is 16.6. The van der Waals surface area contributed by atoms with E-state index in [2.05, 4.69) is 10.6 Å². The van der Waals surface area contributed by atoms with Crippen LogP contribution in [0.15, 0.2) is 78.9 Å². The number of phenolic OH excluding ortho intramolecular Hbond substituents is 2. The Morgan fingerprint density at radius 1 is 0.872 bits per heavy atom. The van der Waals surface area contributed by atoms with Gasteiger partial charge in [-0.15, -0.1) is 0 Å². The van der Waals surface area contributed by atoms with Gasteiger partial charge in [0.1, 0.15) is 29.2 Å². The molecule has 9 heteroatoms. The summed E-state index contributed by atoms with van der Waals surface area (Å²) in [5.41, 5.74) is 0.980. The van der Waals surface area contributed by atoms with Gasteiger partial charge in [0.25, 0.3) is 0 Å². The molecule has 2 atom stereocenters. The number of ether oxygens (including phenoxy) is 1. The Labute approximate surface area is 228 Å². The van der Waals surface area contributed by atoms with Gasteiger partial charge in [-0.3, -0.25) is 9.59 Å². The molecule has 0 fully saturated rings. The van der Waals surface area contributed by atoms with Crippen LogP contribution in [0.4, 0.5) is 4.79 Å². The van der Waals surface area contributed by atoms with E-state index in [9.17, 15) is 24.6 Å². The molecule has 3 rings (SSSR count). The van der Waals surface area contributed by atoms with Gasteiger partial charge in [0, 0.05) is 25.6 Å². The van der Waals surface area contributed by atoms with Crippen molar-refractivity contribution < 1.29 is 29.3 Å². The van der Waals surface area contributed by atoms with E-state index in [1.165, 1.54) is 30.1 Å². The van der Waals surface area contributed by atoms with E-state index in [-0.39, 0.29) is 30.0 Å². The van der Waals surface area contributed by atoms with Crippen molar-refractivity contribution in [3.63, 3.8) is 0 Å². The smallest absolute Gasteiger partial charge is 0.408 e. The number of nitrogens with one attached hydrogen (secondary N) is 2. The number of hydrogen-bond donors (Lipinski definition) is 4. The summed E-state index contributed by atoms with van der Waals surface area (Å²) in [4.78, 5) is 41.2. The second-order valence-electron chi connectivity index (χ2n) is 10.2. The number of phenols is 2. The molecular weight excluding hydrogens is 498 g/mol. The number of para-hydroxylation sites is 1. The van der Waals surface area contributed by atoms with Gasteiger partial charge in [0.05, 0.1) is 0 Å². The third-order valence-electron chi connectivity index (χ3n) is 5.89. The van der Waals surface area contributed by atoms with Crippen LogP contribution in [-0.4, -0.2) is 51.7 Å². The van der Waals surface area contributed by atoms with E-state index in [1.807, 2.05) is 30.3 Å². The molecule has 0 spiro atoms. The number of likely N-dealkylation sites (N-methyl/N-ethyl adjacent to an activating group) is 1. The molecular formula is C30H35N3O6. The van der Waals surface area contributed by atoms with Crippen molar-refractivity contribution >= 4 is 17.9 Å². The van der Waals surface area contributed by atoms with Gasteiger partial charge in [-0.25, -0.2) is 4.79 Å². The number of alkyl carbamates (subject to hydrolysis) is 1. The fourth-order valence-electron chi connectivity index (χ4n) is 4.02. The van der Waals surface area contributed by atoms with Crippen LogP contribution < -0.4 is 10.6 Å². The highest BCUT2D eigenvalue weighted by molar-refractivity contribution is 5.92. The van der Waals surface area contributed by atoms with Crippen LogP contribution in [0.5, 0.6) is 11.5 Å². The number of hydrogen-bond acceptors (Lipinski definition) is 6. The SMILES string of the molecule is CN(C(=O)C(Cc1ccc(O)cc1)NC(=O)OC(C)(C)C)C(C(=O)NCc1ccccc1)c1ccccc1O. The lowest BCUT2D eigenvalue weighted by atomic mass is 10.00. The normalized spacial score (nSPS) is 12.6. The Bertz CT molecular complexity index is 1270. The second-order valence-corrected chi connectivity index (χ2v) is 10.2. The van der Waals surface area contributed by atoms with Gasteiger partial charge < -0.3 is 30.5 Å². The lowest BCUT2D eigenvalue weighted by molar-refractivity contribution is -0.140. The van der Waals surface area contributed by atoms with Crippen LogP contribution in [0.1, 0.15) is 43.5 Å². The van der Waals surface area contributed by atoms with Gasteiger partial charge >= 0.3 is 6.09 Å². The first-order valence-electron chi connectivity index (χ1n) is 12.6. The molecule has 3 aromatic rings. The highest BCUT2D eigenvalue weighted by Crippen LogP contribution is 2.29. The largest absolute Gasteiger partial charge is 0.508 e. The summed E-state index contributed by atoms with van der Waals surface area (Å²) < 4.78 is 5.37. The zero-order valence-electron chi connectivity index (χ0n) is 22.5. The number of benzene rings is 3. The molecule has 206 valence electrons. The molecule has 0 aliphatic carbocycles. The second kappa shape index (κ2) is 12.8. The maximum Gasteiger partial charge on any atom is 0.408 e. The fourth-order valence-corrected chi connectivity index (χ4v) is 4.02. The quantitative estimate of drug-likeness (QED) is 0.329. The third kappa shape index (κ3) is 8.49. The van der Waals surface area contributed by atoms with Crippen molar-refractivity contribution in [1.82, 2.24) is 15.5 Å². The van der Waals surface area contributed by atoms with E-state index in [4.69, 9.17) is 4.74 Å². The number of amides is 3. The van der Waals surface area contributed by atoms with Crippen LogP contribution >= 0.6 is 0 Å². The summed E-state index contributed by atoms with van der Waals surface area (Å²) in [5.74, 6) is -1.16. The summed E-state index contributed by atoms with van der Waals surface area (Å²) in [6.45, 7) is 5.35. The van der Waals surface area contributed by atoms with Gasteiger partial charge in [-0.1, -0.05) is 60.7 Å². The standard InChI is InChI=1S/C30H35N3O6/c1-30(2,3)39-29(38)32-24(18-20-14-16-22(34)17-15-20)28(37)33(4)26(23-12-8-9-13-25(23)35)27(36)31-19-21-10-6-5-7-11-21/h5-17,24,26,34-35H,18-19H2,1-4H3,(H,31,36)(H,32,38). The number of carbonyl (C=O) groups excluding carboxylic acids is 3. The van der Waals surface area contributed by atoms with Crippen LogP contribution in [0, 0.1) is 0 Å². The van der Waals surface area contributed by atoms with Crippen molar-refractivity contribution in [3.05, 3.63) is 95.6 Å². The zero-order chi connectivity index (χ0) is 28.6. The van der Waals surface area contributed by atoms with Crippen molar-refractivity contribution in [3.8, 4) is 11.5 Å². The summed E-state index contributed by atoms with van der Waals surface area (Å²) in [6.07, 6.45) is -0.720. The van der Waals surface area contributed by atoms with E-state index in [0.29, 0.717) is 5.56 Å². The zero-order valence-corrected chi connectivity index (χ0v) is 22.5. The summed E-state index contributed by atoms with van der Waals surface area (Å²) >= 11 is 0. The van der Waals surface area contributed by atoms with E-state index < -0.39 is 35.6 Å². The first-order chi connectivity index (χ1) is 18.4. The van der Waals surface area contributed by atoms with Gasteiger partial charge in [-0.05, 0) is 50.1 Å². The molecule has 3 aromatic carbocycles. The molecule has 0 aromatic heterocycles. The molecule has 0 saturated heterocycles. The van der Waals surface area contributed by atoms with E-state index >= 15 is 0 Å². The Hall–Kier alpha value is -4.53. The summed E-state index contributed by atoms with van der Waals surface area (Å²) in [7, 11) is 1.45. The van der Waals surface area contributed by atoms with Crippen LogP contribution in [0.2, 0.25) is 0 Å². The van der Waals surface area contributed by atoms with Gasteiger partial charge in [-0.2, -0.15) is 0 Å². The van der Waals surface area contributed by atoms with Crippen LogP contribution in [-0.2, 0) is 27.3 Å². The molecule has 0 saturated carbocycles. The molecule has 0 aliphatic rings. The number of carbonyl (C=O) groups is 3. The molecule has 9 nitrogen and oxygen atoms in total. The number of aromatic hydroxyl groups is 2. The summed E-state index contributed by atoms with van der Waals surface area (Å²) in [5, 5.41) is 25.7. The minimum absolute atomic E-state index is 0.0635. The van der Waals surface area contributed by atoms with Crippen molar-refractivity contribution in [2.75, 3.05) is 7.05 Å². The minimum Gasteiger partial charge on any atom is -0.508 e. The molecule has 0 radical (unpaired) electrons. The predicted molar refractivity (Wildman–Crippen MR) is 147 cm³/mol. The van der Waals surface area contributed by atoms with Crippen molar-refractivity contribution in [1.29, 1.82) is 0 Å². The monoisotopic (exact) mass is 533 g/mol. The molecule has 0 aliphatic heterocycles. The lowest BCUT2D eigenvalue weighted by Gasteiger charge is -2.32. The number of rotatable bonds is 9. The molecule has 4 N–H and O–H groups in total. The Morgan fingerprint density at radius 2 is 1.49 bits per heavy atom. The maximum atomic E-state index is 13.9. The average Bonchev–Trinajstić information content (AvgIpc) is 2.88. The predicted octanol–water partition coefficient (Wildman–Crippen LogP) is 4.05. The third-order valence-corrected chi connectivity index (χ3v) is 5.89. The van der Waals surface area contributed by atoms with Crippen molar-refractivity contribution in [2.24, 2.45) is 0 Å². The van der Waals surface area contributed by atoms with Crippen LogP contribution in [0.25, 0.3) is 0 Å². The van der Waals surface area contributed by atoms with E-state index in [0.717, 1.165) is 5.56 Å². The van der Waals surface area contributed by atoms with E-state index in [1.54, 1.807) is 51.1 Å².